The second-order valence-corrected chi connectivity index (χ2v) is 7.24. The molecule has 2 heterocycles. The predicted molar refractivity (Wildman–Crippen MR) is 94.7 cm³/mol. The van der Waals surface area contributed by atoms with Gasteiger partial charge in [0, 0.05) is 29.6 Å². The maximum absolute atomic E-state index is 13.0. The zero-order valence-electron chi connectivity index (χ0n) is 14.7. The molecule has 5 nitrogen and oxygen atoms in total. The van der Waals surface area contributed by atoms with E-state index in [1.165, 1.54) is 18.3 Å². The van der Waals surface area contributed by atoms with Crippen LogP contribution >= 0.6 is 11.3 Å². The molecular weight excluding hydrogens is 436 g/mol. The molecule has 1 N–H and O–H groups in total. The molecule has 1 amide bonds. The average molecular weight is 447 g/mol. The van der Waals surface area contributed by atoms with E-state index in [1.54, 1.807) is 0 Å². The number of halogens is 6. The smallest absolute Gasteiger partial charge is 0.416 e. The fraction of sp³-hybridized carbons (Fsp3) is 0.167. The summed E-state index contributed by atoms with van der Waals surface area (Å²) in [5.41, 5.74) is -2.82. The molecule has 30 heavy (non-hydrogen) atoms. The largest absolute Gasteiger partial charge is 0.619 e. The van der Waals surface area contributed by atoms with E-state index in [0.29, 0.717) is 21.7 Å². The van der Waals surface area contributed by atoms with Crippen molar-refractivity contribution in [3.05, 3.63) is 81.3 Å². The van der Waals surface area contributed by atoms with Crippen molar-refractivity contribution in [3.63, 3.8) is 0 Å². The molecule has 0 atom stereocenters. The molecule has 158 valence electrons. The van der Waals surface area contributed by atoms with Gasteiger partial charge < -0.3 is 5.21 Å². The Kier molecular flexibility index (Phi) is 5.70. The van der Waals surface area contributed by atoms with Crippen LogP contribution in [0, 0.1) is 5.21 Å². The van der Waals surface area contributed by atoms with Crippen molar-refractivity contribution in [3.8, 4) is 0 Å². The molecule has 0 saturated carbocycles. The van der Waals surface area contributed by atoms with E-state index in [0.717, 1.165) is 23.7 Å². The number of anilines is 1. The number of pyridine rings is 1. The number of hydrogen-bond donors (Lipinski definition) is 1. The number of carbonyl (C=O) groups is 1. The van der Waals surface area contributed by atoms with Gasteiger partial charge >= 0.3 is 12.4 Å². The Morgan fingerprint density at radius 2 is 1.60 bits per heavy atom. The molecule has 0 fully saturated rings. The lowest BCUT2D eigenvalue weighted by atomic mass is 10.0. The van der Waals surface area contributed by atoms with Gasteiger partial charge in [0.1, 0.15) is 0 Å². The topological polar surface area (TPSA) is 68.9 Å². The summed E-state index contributed by atoms with van der Waals surface area (Å²) in [5.74, 6) is -0.574. The molecule has 0 aliphatic carbocycles. The Hall–Kier alpha value is -3.15. The van der Waals surface area contributed by atoms with Crippen molar-refractivity contribution in [2.45, 2.75) is 18.8 Å². The van der Waals surface area contributed by atoms with Gasteiger partial charge in [-0.3, -0.25) is 10.1 Å². The van der Waals surface area contributed by atoms with Crippen LogP contribution in [0.4, 0.5) is 31.5 Å². The molecule has 1 aromatic carbocycles. The first-order valence-corrected chi connectivity index (χ1v) is 8.97. The summed E-state index contributed by atoms with van der Waals surface area (Å²) in [6.45, 7) is 0. The van der Waals surface area contributed by atoms with E-state index >= 15 is 0 Å². The number of amides is 1. The Morgan fingerprint density at radius 1 is 1.03 bits per heavy atom. The van der Waals surface area contributed by atoms with E-state index in [2.05, 4.69) is 10.3 Å². The van der Waals surface area contributed by atoms with Gasteiger partial charge in [0.2, 0.25) is 0 Å². The van der Waals surface area contributed by atoms with Crippen molar-refractivity contribution in [2.75, 3.05) is 5.32 Å². The van der Waals surface area contributed by atoms with Gasteiger partial charge in [-0.15, -0.1) is 11.3 Å². The van der Waals surface area contributed by atoms with E-state index in [9.17, 15) is 36.3 Å². The fourth-order valence-electron chi connectivity index (χ4n) is 2.50. The second kappa shape index (κ2) is 7.94. The monoisotopic (exact) mass is 447 g/mol. The highest BCUT2D eigenvalue weighted by atomic mass is 32.1. The molecule has 3 aromatic rings. The van der Waals surface area contributed by atoms with Crippen molar-refractivity contribution in [2.24, 2.45) is 0 Å². The summed E-state index contributed by atoms with van der Waals surface area (Å²) in [6.07, 6.45) is -6.60. The molecular formula is C18H11F6N3O2S. The fourth-order valence-corrected chi connectivity index (χ4v) is 3.34. The van der Waals surface area contributed by atoms with Gasteiger partial charge in [-0.25, -0.2) is 4.98 Å². The molecule has 0 aliphatic heterocycles. The average Bonchev–Trinajstić information content (AvgIpc) is 3.07. The lowest BCUT2D eigenvalue weighted by Crippen LogP contribution is -2.25. The Labute approximate surface area is 169 Å². The number of thiazole rings is 1. The van der Waals surface area contributed by atoms with Gasteiger partial charge in [0.25, 0.3) is 5.91 Å². The molecule has 3 rings (SSSR count). The summed E-state index contributed by atoms with van der Waals surface area (Å²) >= 11 is 0.908. The van der Waals surface area contributed by atoms with Gasteiger partial charge in [0.05, 0.1) is 16.7 Å². The van der Waals surface area contributed by atoms with Crippen LogP contribution in [-0.2, 0) is 18.8 Å². The maximum Gasteiger partial charge on any atom is 0.416 e. The third kappa shape index (κ3) is 5.26. The number of rotatable bonds is 4. The van der Waals surface area contributed by atoms with E-state index < -0.39 is 29.4 Å². The number of carbonyl (C=O) groups excluding carboxylic acids is 1. The molecule has 2 aromatic heterocycles. The van der Waals surface area contributed by atoms with Crippen LogP contribution < -0.4 is 10.0 Å². The number of benzene rings is 1. The number of nitrogens with zero attached hydrogens (tertiary/aromatic N) is 2. The van der Waals surface area contributed by atoms with Gasteiger partial charge in [0.15, 0.2) is 17.5 Å². The van der Waals surface area contributed by atoms with Crippen LogP contribution in [0.15, 0.2) is 48.9 Å². The zero-order valence-corrected chi connectivity index (χ0v) is 15.5. The summed E-state index contributed by atoms with van der Waals surface area (Å²) in [4.78, 5) is 16.4. The Bertz CT molecular complexity index is 1030. The summed E-state index contributed by atoms with van der Waals surface area (Å²) < 4.78 is 78.3. The van der Waals surface area contributed by atoms with E-state index in [-0.39, 0.29) is 28.7 Å². The lowest BCUT2D eigenvalue weighted by Gasteiger charge is -2.13. The van der Waals surface area contributed by atoms with Crippen LogP contribution in [0.2, 0.25) is 0 Å². The summed E-state index contributed by atoms with van der Waals surface area (Å²) in [6, 6.07) is 3.91. The number of aromatic nitrogens is 2. The van der Waals surface area contributed by atoms with E-state index in [4.69, 9.17) is 0 Å². The Morgan fingerprint density at radius 3 is 2.13 bits per heavy atom. The third-order valence-corrected chi connectivity index (χ3v) is 4.78. The maximum atomic E-state index is 13.0. The highest BCUT2D eigenvalue weighted by Gasteiger charge is 2.36. The van der Waals surface area contributed by atoms with Crippen molar-refractivity contribution >= 4 is 22.4 Å². The van der Waals surface area contributed by atoms with Crippen LogP contribution in [0.1, 0.15) is 31.9 Å². The first-order chi connectivity index (χ1) is 13.9. The minimum absolute atomic E-state index is 0.0628. The molecule has 0 aliphatic rings. The molecule has 0 radical (unpaired) electrons. The van der Waals surface area contributed by atoms with Crippen molar-refractivity contribution in [1.82, 2.24) is 4.98 Å². The highest BCUT2D eigenvalue weighted by Crippen LogP contribution is 2.37. The number of alkyl halides is 6. The zero-order chi connectivity index (χ0) is 22.1. The first-order valence-electron chi connectivity index (χ1n) is 8.15. The van der Waals surface area contributed by atoms with Gasteiger partial charge in [-0.2, -0.15) is 31.1 Å². The lowest BCUT2D eigenvalue weighted by molar-refractivity contribution is -0.605. The van der Waals surface area contributed by atoms with Gasteiger partial charge in [-0.1, -0.05) is 0 Å². The summed E-state index contributed by atoms with van der Waals surface area (Å²) in [5, 5.41) is 13.5. The first kappa shape index (κ1) is 21.6. The second-order valence-electron chi connectivity index (χ2n) is 6.12. The minimum Gasteiger partial charge on any atom is -0.619 e. The highest BCUT2D eigenvalue weighted by molar-refractivity contribution is 7.15. The van der Waals surface area contributed by atoms with Gasteiger partial charge in [-0.05, 0) is 23.8 Å². The molecule has 0 saturated heterocycles. The van der Waals surface area contributed by atoms with Crippen LogP contribution in [-0.4, -0.2) is 10.9 Å². The van der Waals surface area contributed by atoms with Crippen LogP contribution in [0.3, 0.4) is 0 Å². The van der Waals surface area contributed by atoms with Crippen molar-refractivity contribution < 1.29 is 35.9 Å². The van der Waals surface area contributed by atoms with Crippen molar-refractivity contribution in [1.29, 1.82) is 0 Å². The minimum atomic E-state index is -4.93. The Balaban J connectivity index is 1.80. The van der Waals surface area contributed by atoms with E-state index in [1.807, 2.05) is 0 Å². The normalized spacial score (nSPS) is 12.1. The van der Waals surface area contributed by atoms with Crippen LogP contribution in [0.25, 0.3) is 0 Å². The summed E-state index contributed by atoms with van der Waals surface area (Å²) in [7, 11) is 0. The standard InChI is InChI=1S/C18H11F6N3O2S/c19-17(20,21)12-5-10(6-13(8-12)18(22,23)24)7-14-9-25-16(30-14)26-15(28)11-1-3-27(29)4-2-11/h1-6,8-9H,7H2,(H,25,26,28). The third-order valence-electron chi connectivity index (χ3n) is 3.86. The molecule has 0 unspecified atom stereocenters. The predicted octanol–water partition coefficient (Wildman–Crippen LogP) is 4.66. The molecule has 12 heteroatoms. The molecule has 0 spiro atoms. The SMILES string of the molecule is O=C(Nc1ncc(Cc2cc(C(F)(F)F)cc(C(F)(F)F)c2)s1)c1cc[n+]([O-])cc1. The number of hydrogen-bond acceptors (Lipinski definition) is 4. The molecule has 0 bridgehead atoms. The van der Waals surface area contributed by atoms with Crippen LogP contribution in [0.5, 0.6) is 0 Å². The number of nitrogens with one attached hydrogen (secondary N) is 1. The quantitative estimate of drug-likeness (QED) is 0.360.